The van der Waals surface area contributed by atoms with Crippen molar-refractivity contribution in [2.75, 3.05) is 13.1 Å². The van der Waals surface area contributed by atoms with Crippen LogP contribution < -0.4 is 0 Å². The second kappa shape index (κ2) is 12.1. The van der Waals surface area contributed by atoms with Gasteiger partial charge in [0.15, 0.2) is 0 Å². The molecule has 0 atom stereocenters. The third-order valence-corrected chi connectivity index (χ3v) is 17.3. The van der Waals surface area contributed by atoms with E-state index in [0.29, 0.717) is 106 Å². The maximum atomic E-state index is 14.1. The van der Waals surface area contributed by atoms with Crippen LogP contribution in [0, 0.1) is 0 Å². The van der Waals surface area contributed by atoms with Gasteiger partial charge in [-0.05, 0) is 140 Å². The fourth-order valence-corrected chi connectivity index (χ4v) is 11.4. The molecule has 0 saturated heterocycles. The molecule has 6 nitrogen and oxygen atoms in total. The number of halogens is 8. The molecule has 2 aliphatic rings. The van der Waals surface area contributed by atoms with E-state index >= 15 is 0 Å². The Balaban J connectivity index is 1.79. The van der Waals surface area contributed by atoms with Crippen LogP contribution in [0.2, 0.25) is 0 Å². The average molecular weight is 1130 g/mol. The van der Waals surface area contributed by atoms with Gasteiger partial charge in [-0.15, -0.1) is 0 Å². The Bertz CT molecular complexity index is 2010. The van der Waals surface area contributed by atoms with E-state index in [2.05, 4.69) is 127 Å². The summed E-state index contributed by atoms with van der Waals surface area (Å²) in [5, 5.41) is 5.33. The number of amides is 4. The number of fused-ring (bicyclic) bond motifs is 2. The lowest BCUT2D eigenvalue weighted by Gasteiger charge is -2.33. The van der Waals surface area contributed by atoms with Crippen molar-refractivity contribution in [1.29, 1.82) is 0 Å². The van der Waals surface area contributed by atoms with Crippen molar-refractivity contribution in [2.24, 2.45) is 0 Å². The Morgan fingerprint density at radius 2 is 0.609 bits per heavy atom. The molecule has 0 bridgehead atoms. The topological polar surface area (TPSA) is 74.8 Å². The summed E-state index contributed by atoms with van der Waals surface area (Å²) in [6, 6.07) is 0. The molecule has 0 unspecified atom stereocenters. The van der Waals surface area contributed by atoms with Crippen LogP contribution in [0.15, 0.2) is 35.8 Å². The van der Waals surface area contributed by atoms with Gasteiger partial charge in [-0.1, -0.05) is 26.7 Å². The highest BCUT2D eigenvalue weighted by Gasteiger charge is 2.43. The molecular formula is C32H18Br8N2O4. The molecule has 0 N–H and O–H groups in total. The molecule has 0 aliphatic carbocycles. The van der Waals surface area contributed by atoms with Gasteiger partial charge in [0.1, 0.15) is 0 Å². The minimum Gasteiger partial charge on any atom is -0.274 e. The standard InChI is InChI=1S/C32H18Br8N2O4/c1-3-5-7-41-29(43)17-11-9-13(21(33)25(17)37)15-10-12-19(27(39)23(15)35)31(45)42(8-6-4-2)32(46)20(12)28(40)24(36)16(10)14(9)22(34)26(38)18(11)30(41)44/h3-8H2,1-2H3. The molecule has 0 spiro atoms. The first kappa shape index (κ1) is 34.0. The van der Waals surface area contributed by atoms with Crippen LogP contribution >= 0.6 is 127 Å². The molecule has 14 heteroatoms. The summed E-state index contributed by atoms with van der Waals surface area (Å²) in [6.07, 6.45) is 3.01. The van der Waals surface area contributed by atoms with E-state index in [1.807, 2.05) is 13.8 Å². The first-order chi connectivity index (χ1) is 21.8. The molecular weight excluding hydrogens is 1120 g/mol. The van der Waals surface area contributed by atoms with Gasteiger partial charge in [-0.3, -0.25) is 29.0 Å². The molecule has 0 radical (unpaired) electrons. The number of hydrogen-bond acceptors (Lipinski definition) is 4. The van der Waals surface area contributed by atoms with Crippen LogP contribution in [0.25, 0.3) is 43.1 Å². The quantitative estimate of drug-likeness (QED) is 0.0965. The molecule has 0 aromatic heterocycles. The van der Waals surface area contributed by atoms with Gasteiger partial charge < -0.3 is 0 Å². The Labute approximate surface area is 330 Å². The molecule has 4 amide bonds. The van der Waals surface area contributed by atoms with Crippen molar-refractivity contribution in [2.45, 2.75) is 39.5 Å². The molecule has 46 heavy (non-hydrogen) atoms. The van der Waals surface area contributed by atoms with Crippen LogP contribution in [-0.4, -0.2) is 46.5 Å². The maximum absolute atomic E-state index is 14.1. The summed E-state index contributed by atoms with van der Waals surface area (Å²) in [5.41, 5.74) is 1.56. The summed E-state index contributed by atoms with van der Waals surface area (Å²) in [4.78, 5) is 59.1. The zero-order valence-electron chi connectivity index (χ0n) is 23.8. The van der Waals surface area contributed by atoms with E-state index in [-0.39, 0.29) is 23.6 Å². The minimum absolute atomic E-state index is 0.300. The van der Waals surface area contributed by atoms with E-state index in [9.17, 15) is 19.2 Å². The third-order valence-electron chi connectivity index (χ3n) is 8.83. The van der Waals surface area contributed by atoms with Gasteiger partial charge in [0.05, 0.1) is 22.3 Å². The number of unbranched alkanes of at least 4 members (excludes halogenated alkanes) is 2. The zero-order chi connectivity index (χ0) is 33.3. The van der Waals surface area contributed by atoms with Crippen LogP contribution in [0.3, 0.4) is 0 Å². The molecule has 2 aliphatic heterocycles. The van der Waals surface area contributed by atoms with Gasteiger partial charge in [-0.25, -0.2) is 0 Å². The minimum atomic E-state index is -0.370. The van der Waals surface area contributed by atoms with Crippen molar-refractivity contribution in [3.8, 4) is 0 Å². The van der Waals surface area contributed by atoms with Gasteiger partial charge in [0.2, 0.25) is 0 Å². The third kappa shape index (κ3) is 4.28. The van der Waals surface area contributed by atoms with Crippen LogP contribution in [0.5, 0.6) is 0 Å². The summed E-state index contributed by atoms with van der Waals surface area (Å²) in [6.45, 7) is 4.63. The van der Waals surface area contributed by atoms with E-state index < -0.39 is 0 Å². The summed E-state index contributed by atoms with van der Waals surface area (Å²) in [5.74, 6) is -1.48. The van der Waals surface area contributed by atoms with Gasteiger partial charge in [-0.2, -0.15) is 0 Å². The normalized spacial score (nSPS) is 14.9. The lowest BCUT2D eigenvalue weighted by atomic mass is 9.82. The number of carbonyl (C=O) groups is 4. The van der Waals surface area contributed by atoms with E-state index in [0.717, 1.165) is 34.4 Å². The van der Waals surface area contributed by atoms with Crippen molar-refractivity contribution in [1.82, 2.24) is 9.80 Å². The molecule has 0 saturated carbocycles. The second-order valence-electron chi connectivity index (χ2n) is 11.2. The predicted molar refractivity (Wildman–Crippen MR) is 210 cm³/mol. The second-order valence-corrected chi connectivity index (χ2v) is 17.6. The first-order valence-electron chi connectivity index (χ1n) is 14.3. The van der Waals surface area contributed by atoms with Crippen LogP contribution in [-0.2, 0) is 0 Å². The van der Waals surface area contributed by atoms with Crippen molar-refractivity contribution in [3.63, 3.8) is 0 Å². The molecule has 236 valence electrons. The molecule has 7 rings (SSSR count). The van der Waals surface area contributed by atoms with Crippen LogP contribution in [0.4, 0.5) is 0 Å². The first-order valence-corrected chi connectivity index (χ1v) is 20.6. The fraction of sp³-hybridized carbons (Fsp3) is 0.250. The van der Waals surface area contributed by atoms with Crippen molar-refractivity contribution in [3.05, 3.63) is 58.0 Å². The zero-order valence-corrected chi connectivity index (χ0v) is 36.5. The number of nitrogens with zero attached hydrogens (tertiary/aromatic N) is 2. The Hall–Kier alpha value is -0.480. The number of rotatable bonds is 6. The predicted octanol–water partition coefficient (Wildman–Crippen LogP) is 12.6. The summed E-state index contributed by atoms with van der Waals surface area (Å²) < 4.78 is 4.51. The Morgan fingerprint density at radius 1 is 0.370 bits per heavy atom. The summed E-state index contributed by atoms with van der Waals surface area (Å²) >= 11 is 30.3. The molecule has 5 aromatic carbocycles. The number of imide groups is 2. The SMILES string of the molecule is CCCCN1C(=O)c2c(Br)c(Br)c3c4c(Br)c(Br)c5c6c(c(Br)c(Br)c(c7c(Br)c(Br)c(c2c37)C1=O)c64)C(=O)N(CCCC)C5=O. The Morgan fingerprint density at radius 3 is 0.826 bits per heavy atom. The molecule has 5 aromatic rings. The highest BCUT2D eigenvalue weighted by molar-refractivity contribution is 9.14. The maximum Gasteiger partial charge on any atom is 0.262 e. The number of carbonyl (C=O) groups excluding carboxylic acids is 4. The lowest BCUT2D eigenvalue weighted by Crippen LogP contribution is -2.41. The van der Waals surface area contributed by atoms with Crippen LogP contribution in [0.1, 0.15) is 81.0 Å². The summed E-state index contributed by atoms with van der Waals surface area (Å²) in [7, 11) is 0. The van der Waals surface area contributed by atoms with Crippen molar-refractivity contribution >= 4 is 194 Å². The highest BCUT2D eigenvalue weighted by atomic mass is 79.9. The van der Waals surface area contributed by atoms with E-state index in [1.54, 1.807) is 0 Å². The monoisotopic (exact) mass is 1130 g/mol. The van der Waals surface area contributed by atoms with Gasteiger partial charge >= 0.3 is 0 Å². The smallest absolute Gasteiger partial charge is 0.262 e. The fourth-order valence-electron chi connectivity index (χ4n) is 6.76. The van der Waals surface area contributed by atoms with E-state index in [4.69, 9.17) is 0 Å². The average Bonchev–Trinajstić information content (AvgIpc) is 3.02. The number of hydrogen-bond donors (Lipinski definition) is 0. The lowest BCUT2D eigenvalue weighted by molar-refractivity contribution is 0.0592. The van der Waals surface area contributed by atoms with Crippen molar-refractivity contribution < 1.29 is 19.2 Å². The largest absolute Gasteiger partial charge is 0.274 e. The van der Waals surface area contributed by atoms with E-state index in [1.165, 1.54) is 9.80 Å². The molecule has 2 heterocycles. The van der Waals surface area contributed by atoms with Gasteiger partial charge in [0.25, 0.3) is 23.6 Å². The molecule has 0 fully saturated rings. The number of benzene rings is 5. The Kier molecular flexibility index (Phi) is 8.93. The highest BCUT2D eigenvalue weighted by Crippen LogP contribution is 2.59. The van der Waals surface area contributed by atoms with Gasteiger partial charge in [0, 0.05) is 92.0 Å².